The molecular formula is C29H37N7O2S. The second-order valence-electron chi connectivity index (χ2n) is 10.2. The van der Waals surface area contributed by atoms with E-state index in [1.165, 1.54) is 6.42 Å². The number of carbonyl (C=O) groups excluding carboxylic acids is 2. The van der Waals surface area contributed by atoms with E-state index in [4.69, 9.17) is 5.73 Å². The molecule has 3 heterocycles. The van der Waals surface area contributed by atoms with Crippen molar-refractivity contribution in [2.75, 3.05) is 54.9 Å². The molecule has 206 valence electrons. The Morgan fingerprint density at radius 3 is 2.64 bits per heavy atom. The monoisotopic (exact) mass is 547 g/mol. The highest BCUT2D eigenvalue weighted by atomic mass is 32.2. The molecule has 0 spiro atoms. The number of benzene rings is 2. The zero-order valence-corrected chi connectivity index (χ0v) is 23.7. The molecule has 39 heavy (non-hydrogen) atoms. The minimum atomic E-state index is -0.752. The number of para-hydroxylation sites is 2. The van der Waals surface area contributed by atoms with Crippen molar-refractivity contribution in [2.24, 2.45) is 12.8 Å². The van der Waals surface area contributed by atoms with Crippen LogP contribution in [0.5, 0.6) is 0 Å². The van der Waals surface area contributed by atoms with Gasteiger partial charge in [0, 0.05) is 44.4 Å². The number of carbonyl (C=O) groups is 2. The summed E-state index contributed by atoms with van der Waals surface area (Å²) < 4.78 is 1.78. The minimum absolute atomic E-state index is 0.0578. The number of rotatable bonds is 7. The Labute approximate surface area is 234 Å². The molecule has 0 bridgehead atoms. The van der Waals surface area contributed by atoms with E-state index in [1.807, 2.05) is 67.0 Å². The SMILES string of the molecule is CSCCCN1CCN(C(=O)C(N)c2ccc(C(=O)N3Cc4cnn(C)c4Nc4ccccc43)cc2C)CC1. The van der Waals surface area contributed by atoms with Crippen LogP contribution in [0.25, 0.3) is 0 Å². The molecule has 1 atom stereocenters. The lowest BCUT2D eigenvalue weighted by Gasteiger charge is -2.36. The van der Waals surface area contributed by atoms with E-state index in [9.17, 15) is 9.59 Å². The summed E-state index contributed by atoms with van der Waals surface area (Å²) in [4.78, 5) is 33.2. The number of fused-ring (bicyclic) bond motifs is 2. The normalized spacial score (nSPS) is 16.2. The third-order valence-electron chi connectivity index (χ3n) is 7.66. The van der Waals surface area contributed by atoms with Crippen molar-refractivity contribution in [1.29, 1.82) is 0 Å². The first-order valence-corrected chi connectivity index (χ1v) is 14.8. The second-order valence-corrected chi connectivity index (χ2v) is 11.2. The highest BCUT2D eigenvalue weighted by molar-refractivity contribution is 7.98. The molecule has 1 saturated heterocycles. The van der Waals surface area contributed by atoms with Gasteiger partial charge in [-0.05, 0) is 67.3 Å². The van der Waals surface area contributed by atoms with Gasteiger partial charge in [-0.1, -0.05) is 18.2 Å². The summed E-state index contributed by atoms with van der Waals surface area (Å²) in [6.07, 6.45) is 5.09. The number of thioether (sulfide) groups is 1. The van der Waals surface area contributed by atoms with Gasteiger partial charge in [0.1, 0.15) is 11.9 Å². The molecule has 0 radical (unpaired) electrons. The summed E-state index contributed by atoms with van der Waals surface area (Å²) in [7, 11) is 1.88. The number of nitrogens with zero attached hydrogens (tertiary/aromatic N) is 5. The van der Waals surface area contributed by atoms with Crippen molar-refractivity contribution in [3.8, 4) is 0 Å². The van der Waals surface area contributed by atoms with Gasteiger partial charge >= 0.3 is 0 Å². The van der Waals surface area contributed by atoms with Crippen LogP contribution < -0.4 is 16.0 Å². The van der Waals surface area contributed by atoms with E-state index in [2.05, 4.69) is 21.6 Å². The minimum Gasteiger partial charge on any atom is -0.338 e. The van der Waals surface area contributed by atoms with Gasteiger partial charge in [-0.15, -0.1) is 0 Å². The van der Waals surface area contributed by atoms with Gasteiger partial charge < -0.3 is 20.9 Å². The smallest absolute Gasteiger partial charge is 0.258 e. The molecule has 2 aromatic carbocycles. The van der Waals surface area contributed by atoms with Crippen LogP contribution in [0.2, 0.25) is 0 Å². The van der Waals surface area contributed by atoms with E-state index in [-0.39, 0.29) is 11.8 Å². The largest absolute Gasteiger partial charge is 0.338 e. The van der Waals surface area contributed by atoms with Crippen LogP contribution >= 0.6 is 11.8 Å². The number of nitrogens with one attached hydrogen (secondary N) is 1. The number of anilines is 3. The van der Waals surface area contributed by atoms with E-state index in [1.54, 1.807) is 21.8 Å². The molecule has 2 aliphatic heterocycles. The summed E-state index contributed by atoms with van der Waals surface area (Å²) in [5.41, 5.74) is 11.2. The predicted octanol–water partition coefficient (Wildman–Crippen LogP) is 3.53. The van der Waals surface area contributed by atoms with Crippen LogP contribution in [0.3, 0.4) is 0 Å². The molecule has 2 amide bonds. The van der Waals surface area contributed by atoms with E-state index in [0.717, 1.165) is 59.3 Å². The second kappa shape index (κ2) is 11.8. The maximum Gasteiger partial charge on any atom is 0.258 e. The highest BCUT2D eigenvalue weighted by Gasteiger charge is 2.29. The average molecular weight is 548 g/mol. The number of hydrogen-bond acceptors (Lipinski definition) is 7. The maximum atomic E-state index is 13.8. The topological polar surface area (TPSA) is 99.7 Å². The van der Waals surface area contributed by atoms with Crippen LogP contribution in [0, 0.1) is 6.92 Å². The molecule has 1 fully saturated rings. The Kier molecular flexibility index (Phi) is 8.25. The average Bonchev–Trinajstić information content (AvgIpc) is 3.20. The van der Waals surface area contributed by atoms with Gasteiger partial charge in [0.2, 0.25) is 5.91 Å². The van der Waals surface area contributed by atoms with Crippen LogP contribution in [0.1, 0.15) is 39.5 Å². The standard InChI is InChI=1S/C29H37N7O2S/c1-20-17-21(9-10-23(20)26(30)29(38)35-14-12-34(13-15-35)11-6-16-39-3)28(37)36-19-22-18-31-33(2)27(22)32-24-7-4-5-8-25(24)36/h4-5,7-10,17-18,26,32H,6,11-16,19,30H2,1-3H3. The van der Waals surface area contributed by atoms with Crippen molar-refractivity contribution in [1.82, 2.24) is 19.6 Å². The van der Waals surface area contributed by atoms with Crippen molar-refractivity contribution >= 4 is 40.8 Å². The van der Waals surface area contributed by atoms with E-state index < -0.39 is 6.04 Å². The Hall–Kier alpha value is -3.34. The van der Waals surface area contributed by atoms with Gasteiger partial charge in [0.05, 0.1) is 24.1 Å². The Balaban J connectivity index is 1.30. The van der Waals surface area contributed by atoms with Gasteiger partial charge in [-0.25, -0.2) is 0 Å². The predicted molar refractivity (Wildman–Crippen MR) is 158 cm³/mol. The zero-order chi connectivity index (χ0) is 27.5. The van der Waals surface area contributed by atoms with Crippen LogP contribution in [-0.4, -0.2) is 76.1 Å². The van der Waals surface area contributed by atoms with E-state index >= 15 is 0 Å². The molecule has 1 unspecified atom stereocenters. The van der Waals surface area contributed by atoms with Crippen LogP contribution in [0.15, 0.2) is 48.7 Å². The fraction of sp³-hybridized carbons (Fsp3) is 0.414. The molecule has 1 aromatic heterocycles. The first kappa shape index (κ1) is 27.2. The summed E-state index contributed by atoms with van der Waals surface area (Å²) in [5, 5.41) is 7.79. The molecular weight excluding hydrogens is 510 g/mol. The number of piperazine rings is 1. The number of nitrogens with two attached hydrogens (primary N) is 1. The van der Waals surface area contributed by atoms with Crippen molar-refractivity contribution in [3.05, 3.63) is 70.9 Å². The van der Waals surface area contributed by atoms with Gasteiger partial charge in [0.15, 0.2) is 0 Å². The van der Waals surface area contributed by atoms with E-state index in [0.29, 0.717) is 25.2 Å². The van der Waals surface area contributed by atoms with Gasteiger partial charge in [-0.2, -0.15) is 16.9 Å². The fourth-order valence-electron chi connectivity index (χ4n) is 5.41. The lowest BCUT2D eigenvalue weighted by atomic mass is 9.97. The molecule has 10 heteroatoms. The molecule has 9 nitrogen and oxygen atoms in total. The molecule has 3 N–H and O–H groups in total. The zero-order valence-electron chi connectivity index (χ0n) is 22.9. The molecule has 3 aromatic rings. The summed E-state index contributed by atoms with van der Waals surface area (Å²) in [6.45, 7) is 6.53. The van der Waals surface area contributed by atoms with Gasteiger partial charge in [0.25, 0.3) is 5.91 Å². The molecule has 2 aliphatic rings. The van der Waals surface area contributed by atoms with Crippen molar-refractivity contribution < 1.29 is 9.59 Å². The first-order valence-electron chi connectivity index (χ1n) is 13.4. The molecule has 5 rings (SSSR count). The summed E-state index contributed by atoms with van der Waals surface area (Å²) in [6, 6.07) is 12.5. The molecule has 0 saturated carbocycles. The lowest BCUT2D eigenvalue weighted by Crippen LogP contribution is -2.51. The van der Waals surface area contributed by atoms with Crippen molar-refractivity contribution in [2.45, 2.75) is 25.9 Å². The fourth-order valence-corrected chi connectivity index (χ4v) is 5.82. The summed E-state index contributed by atoms with van der Waals surface area (Å²) >= 11 is 1.87. The number of amides is 2. The number of aryl methyl sites for hydroxylation is 2. The highest BCUT2D eigenvalue weighted by Crippen LogP contribution is 2.36. The van der Waals surface area contributed by atoms with Crippen molar-refractivity contribution in [3.63, 3.8) is 0 Å². The third-order valence-corrected chi connectivity index (χ3v) is 8.36. The van der Waals surface area contributed by atoms with Gasteiger partial charge in [-0.3, -0.25) is 19.2 Å². The Morgan fingerprint density at radius 2 is 1.90 bits per heavy atom. The Bertz CT molecular complexity index is 1350. The van der Waals surface area contributed by atoms with Crippen LogP contribution in [0.4, 0.5) is 17.2 Å². The third kappa shape index (κ3) is 5.68. The van der Waals surface area contributed by atoms with Crippen LogP contribution in [-0.2, 0) is 18.4 Å². The maximum absolute atomic E-state index is 13.8. The number of hydrogen-bond donors (Lipinski definition) is 2. The first-order chi connectivity index (χ1) is 18.9. The summed E-state index contributed by atoms with van der Waals surface area (Å²) in [5.74, 6) is 1.85. The quantitative estimate of drug-likeness (QED) is 0.437. The molecule has 0 aliphatic carbocycles. The Morgan fingerprint density at radius 1 is 1.13 bits per heavy atom. The lowest BCUT2D eigenvalue weighted by molar-refractivity contribution is -0.134. The number of aromatic nitrogens is 2.